The summed E-state index contributed by atoms with van der Waals surface area (Å²) in [5, 5.41) is 9.31. The zero-order chi connectivity index (χ0) is 14.3. The largest absolute Gasteiger partial charge is 0.487 e. The molecule has 1 atom stereocenters. The summed E-state index contributed by atoms with van der Waals surface area (Å²) in [4.78, 5) is 13.3. The van der Waals surface area contributed by atoms with Crippen molar-refractivity contribution in [3.05, 3.63) is 29.8 Å². The molecule has 1 aliphatic rings. The van der Waals surface area contributed by atoms with E-state index in [1.54, 1.807) is 0 Å². The summed E-state index contributed by atoms with van der Waals surface area (Å²) in [5.74, 6) is -0.00472. The normalized spacial score (nSPS) is 24.7. The highest BCUT2D eigenvalue weighted by Crippen LogP contribution is 2.47. The quantitative estimate of drug-likeness (QED) is 0.910. The Kier molecular flexibility index (Phi) is 3.31. The lowest BCUT2D eigenvalue weighted by Crippen LogP contribution is -2.52. The summed E-state index contributed by atoms with van der Waals surface area (Å²) >= 11 is 0. The summed E-state index contributed by atoms with van der Waals surface area (Å²) in [6.45, 7) is 4.01. The van der Waals surface area contributed by atoms with E-state index in [0.717, 1.165) is 11.3 Å². The number of carbonyl (C=O) groups is 1. The van der Waals surface area contributed by atoms with Crippen molar-refractivity contribution < 1.29 is 14.6 Å². The number of rotatable bonds is 3. The van der Waals surface area contributed by atoms with Gasteiger partial charge in [0.25, 0.3) is 0 Å². The topological polar surface area (TPSA) is 49.8 Å². The van der Waals surface area contributed by atoms with E-state index >= 15 is 0 Å². The van der Waals surface area contributed by atoms with Crippen LogP contribution in [0.15, 0.2) is 24.3 Å². The maximum absolute atomic E-state index is 11.3. The molecule has 104 valence electrons. The van der Waals surface area contributed by atoms with Gasteiger partial charge in [0, 0.05) is 12.0 Å². The summed E-state index contributed by atoms with van der Waals surface area (Å²) in [6.07, 6.45) is 0.722. The van der Waals surface area contributed by atoms with Crippen LogP contribution < -0.4 is 4.74 Å². The summed E-state index contributed by atoms with van der Waals surface area (Å²) in [6, 6.07) is 7.73. The molecule has 0 saturated heterocycles. The number of fused-ring (bicyclic) bond motifs is 1. The van der Waals surface area contributed by atoms with Gasteiger partial charge in [0.05, 0.1) is 12.0 Å². The van der Waals surface area contributed by atoms with E-state index < -0.39 is 11.5 Å². The van der Waals surface area contributed by atoms with Crippen LogP contribution in [-0.4, -0.2) is 35.7 Å². The maximum atomic E-state index is 11.3. The number of benzene rings is 1. The number of hydrogen-bond acceptors (Lipinski definition) is 3. The van der Waals surface area contributed by atoms with Gasteiger partial charge in [-0.15, -0.1) is 0 Å². The van der Waals surface area contributed by atoms with Crippen LogP contribution in [-0.2, 0) is 10.3 Å². The number of carboxylic acids is 1. The summed E-state index contributed by atoms with van der Waals surface area (Å²) < 4.78 is 5.99. The zero-order valence-corrected chi connectivity index (χ0v) is 11.9. The van der Waals surface area contributed by atoms with E-state index in [1.807, 2.05) is 57.1 Å². The van der Waals surface area contributed by atoms with Crippen molar-refractivity contribution >= 4 is 5.97 Å². The molecular weight excluding hydrogens is 242 g/mol. The molecule has 0 spiro atoms. The molecule has 2 rings (SSSR count). The first kappa shape index (κ1) is 13.9. The van der Waals surface area contributed by atoms with Crippen LogP contribution in [0.3, 0.4) is 0 Å². The lowest BCUT2D eigenvalue weighted by Gasteiger charge is -2.49. The van der Waals surface area contributed by atoms with Crippen molar-refractivity contribution in [3.8, 4) is 5.75 Å². The molecular formula is C15H21NO3. The van der Waals surface area contributed by atoms with Gasteiger partial charge in [0.1, 0.15) is 11.4 Å². The fraction of sp³-hybridized carbons (Fsp3) is 0.533. The second-order valence-corrected chi connectivity index (χ2v) is 6.03. The van der Waals surface area contributed by atoms with Gasteiger partial charge in [0.2, 0.25) is 0 Å². The fourth-order valence-corrected chi connectivity index (χ4v) is 3.04. The first-order valence-electron chi connectivity index (χ1n) is 6.45. The van der Waals surface area contributed by atoms with Crippen molar-refractivity contribution in [1.29, 1.82) is 0 Å². The molecule has 4 nitrogen and oxygen atoms in total. The number of hydrogen-bond donors (Lipinski definition) is 1. The first-order valence-corrected chi connectivity index (χ1v) is 6.45. The van der Waals surface area contributed by atoms with Gasteiger partial charge in [-0.1, -0.05) is 18.2 Å². The molecule has 19 heavy (non-hydrogen) atoms. The van der Waals surface area contributed by atoms with E-state index in [9.17, 15) is 9.90 Å². The molecule has 0 aliphatic carbocycles. The van der Waals surface area contributed by atoms with Crippen LogP contribution in [0, 0.1) is 0 Å². The van der Waals surface area contributed by atoms with Crippen LogP contribution in [0.4, 0.5) is 0 Å². The molecule has 1 aromatic rings. The Morgan fingerprint density at radius 2 is 2.00 bits per heavy atom. The molecule has 0 bridgehead atoms. The zero-order valence-electron chi connectivity index (χ0n) is 11.9. The fourth-order valence-electron chi connectivity index (χ4n) is 3.04. The van der Waals surface area contributed by atoms with Gasteiger partial charge in [-0.05, 0) is 34.0 Å². The average molecular weight is 263 g/mol. The van der Waals surface area contributed by atoms with E-state index in [-0.39, 0.29) is 12.0 Å². The number of ether oxygens (including phenoxy) is 1. The van der Waals surface area contributed by atoms with Gasteiger partial charge < -0.3 is 9.84 Å². The lowest BCUT2D eigenvalue weighted by molar-refractivity contribution is -0.142. The molecule has 0 amide bonds. The van der Waals surface area contributed by atoms with Gasteiger partial charge in [-0.25, -0.2) is 0 Å². The van der Waals surface area contributed by atoms with Crippen LogP contribution in [0.1, 0.15) is 32.3 Å². The van der Waals surface area contributed by atoms with E-state index in [0.29, 0.717) is 6.42 Å². The number of nitrogens with zero attached hydrogens (tertiary/aromatic N) is 1. The monoisotopic (exact) mass is 263 g/mol. The van der Waals surface area contributed by atoms with E-state index in [1.165, 1.54) is 0 Å². The highest BCUT2D eigenvalue weighted by atomic mass is 16.5. The third-order valence-electron chi connectivity index (χ3n) is 3.79. The SMILES string of the molecule is CN(C)C1(CC(=O)O)CC(C)(C)Oc2ccccc21. The second-order valence-electron chi connectivity index (χ2n) is 6.03. The van der Waals surface area contributed by atoms with Gasteiger partial charge in [0.15, 0.2) is 0 Å². The summed E-state index contributed by atoms with van der Waals surface area (Å²) in [5.41, 5.74) is 0.0554. The van der Waals surface area contributed by atoms with Crippen molar-refractivity contribution in [2.45, 2.75) is 37.8 Å². The van der Waals surface area contributed by atoms with Crippen molar-refractivity contribution in [3.63, 3.8) is 0 Å². The number of para-hydroxylation sites is 1. The van der Waals surface area contributed by atoms with Gasteiger partial charge >= 0.3 is 5.97 Å². The van der Waals surface area contributed by atoms with E-state index in [4.69, 9.17) is 4.74 Å². The molecule has 0 aromatic heterocycles. The Morgan fingerprint density at radius 3 is 2.58 bits per heavy atom. The highest BCUT2D eigenvalue weighted by Gasteiger charge is 2.47. The number of aliphatic carboxylic acids is 1. The van der Waals surface area contributed by atoms with E-state index in [2.05, 4.69) is 0 Å². The first-order chi connectivity index (χ1) is 8.77. The van der Waals surface area contributed by atoms with Crippen LogP contribution in [0.5, 0.6) is 5.75 Å². The predicted octanol–water partition coefficient (Wildman–Crippen LogP) is 2.48. The smallest absolute Gasteiger partial charge is 0.305 e. The highest BCUT2D eigenvalue weighted by molar-refractivity contribution is 5.69. The summed E-state index contributed by atoms with van der Waals surface area (Å²) in [7, 11) is 3.86. The van der Waals surface area contributed by atoms with Crippen LogP contribution in [0.2, 0.25) is 0 Å². The van der Waals surface area contributed by atoms with Crippen LogP contribution in [0.25, 0.3) is 0 Å². The Bertz CT molecular complexity index is 496. The minimum Gasteiger partial charge on any atom is -0.487 e. The lowest BCUT2D eigenvalue weighted by atomic mass is 9.74. The number of carboxylic acid groups (broad SMARTS) is 1. The molecule has 1 aliphatic heterocycles. The second kappa shape index (κ2) is 4.53. The minimum atomic E-state index is -0.791. The minimum absolute atomic E-state index is 0.0732. The Balaban J connectivity index is 2.61. The third kappa shape index (κ3) is 2.45. The Hall–Kier alpha value is -1.55. The maximum Gasteiger partial charge on any atom is 0.305 e. The standard InChI is InChI=1S/C15H21NO3/c1-14(2)10-15(16(3)4,9-13(17)18)11-7-5-6-8-12(11)19-14/h5-8H,9-10H2,1-4H3,(H,17,18). The molecule has 0 saturated carbocycles. The molecule has 1 unspecified atom stereocenters. The molecule has 4 heteroatoms. The molecule has 0 fully saturated rings. The third-order valence-corrected chi connectivity index (χ3v) is 3.79. The molecule has 0 radical (unpaired) electrons. The van der Waals surface area contributed by atoms with Gasteiger partial charge in [-0.2, -0.15) is 0 Å². The predicted molar refractivity (Wildman–Crippen MR) is 73.4 cm³/mol. The average Bonchev–Trinajstić information content (AvgIpc) is 2.26. The Morgan fingerprint density at radius 1 is 1.37 bits per heavy atom. The molecule has 1 N–H and O–H groups in total. The van der Waals surface area contributed by atoms with Crippen molar-refractivity contribution in [2.75, 3.05) is 14.1 Å². The Labute approximate surface area is 114 Å². The van der Waals surface area contributed by atoms with Gasteiger partial charge in [-0.3, -0.25) is 9.69 Å². The van der Waals surface area contributed by atoms with Crippen LogP contribution >= 0.6 is 0 Å². The van der Waals surface area contributed by atoms with Crippen molar-refractivity contribution in [1.82, 2.24) is 4.90 Å². The molecule has 1 aromatic carbocycles. The van der Waals surface area contributed by atoms with Crippen molar-refractivity contribution in [2.24, 2.45) is 0 Å². The molecule has 1 heterocycles.